The SMILES string of the molecule is CCOP(=O)(OCC)c1c2ccccc2c(Cc2ccccc2)n1-c1cc(C)cc(C)c1. The number of aromatic nitrogens is 1. The third kappa shape index (κ3) is 4.31. The van der Waals surface area contributed by atoms with E-state index in [2.05, 4.69) is 54.8 Å². The van der Waals surface area contributed by atoms with Crippen LogP contribution in [-0.4, -0.2) is 17.8 Å². The van der Waals surface area contributed by atoms with Crippen LogP contribution in [0.15, 0.2) is 72.8 Å². The zero-order valence-electron chi connectivity index (χ0n) is 19.2. The molecule has 0 amide bonds. The molecule has 0 unspecified atom stereocenters. The fourth-order valence-corrected chi connectivity index (χ4v) is 6.36. The zero-order valence-corrected chi connectivity index (χ0v) is 20.1. The van der Waals surface area contributed by atoms with Crippen LogP contribution < -0.4 is 5.44 Å². The maximum Gasteiger partial charge on any atom is 0.378 e. The summed E-state index contributed by atoms with van der Waals surface area (Å²) in [6.45, 7) is 8.48. The number of fused-ring (bicyclic) bond motifs is 1. The van der Waals surface area contributed by atoms with Gasteiger partial charge in [-0.05, 0) is 56.5 Å². The molecule has 0 fully saturated rings. The Hall–Kier alpha value is -2.65. The molecule has 0 saturated carbocycles. The summed E-state index contributed by atoms with van der Waals surface area (Å²) < 4.78 is 28.0. The van der Waals surface area contributed by atoms with E-state index in [4.69, 9.17) is 9.05 Å². The van der Waals surface area contributed by atoms with Crippen LogP contribution in [0.2, 0.25) is 0 Å². The number of hydrogen-bond acceptors (Lipinski definition) is 3. The summed E-state index contributed by atoms with van der Waals surface area (Å²) >= 11 is 0. The number of benzene rings is 3. The second-order valence-corrected chi connectivity index (χ2v) is 9.93. The Morgan fingerprint density at radius 1 is 0.781 bits per heavy atom. The monoisotopic (exact) mass is 447 g/mol. The Morgan fingerprint density at radius 3 is 1.94 bits per heavy atom. The molecule has 0 aliphatic carbocycles. The minimum Gasteiger partial charge on any atom is -0.306 e. The van der Waals surface area contributed by atoms with Crippen LogP contribution in [0.3, 0.4) is 0 Å². The lowest BCUT2D eigenvalue weighted by Crippen LogP contribution is -2.21. The Morgan fingerprint density at radius 2 is 1.34 bits per heavy atom. The third-order valence-electron chi connectivity index (χ3n) is 5.50. The average molecular weight is 448 g/mol. The molecule has 1 heterocycles. The first-order valence-corrected chi connectivity index (χ1v) is 12.7. The van der Waals surface area contributed by atoms with E-state index in [9.17, 15) is 4.57 Å². The number of hydrogen-bond donors (Lipinski definition) is 0. The predicted molar refractivity (Wildman–Crippen MR) is 132 cm³/mol. The van der Waals surface area contributed by atoms with Gasteiger partial charge in [0.25, 0.3) is 0 Å². The van der Waals surface area contributed by atoms with Gasteiger partial charge in [-0.3, -0.25) is 4.57 Å². The number of aryl methyl sites for hydroxylation is 2. The highest BCUT2D eigenvalue weighted by Gasteiger charge is 2.35. The molecule has 0 bridgehead atoms. The minimum atomic E-state index is -3.57. The Bertz CT molecular complexity index is 1250. The summed E-state index contributed by atoms with van der Waals surface area (Å²) in [6, 6.07) is 24.9. The van der Waals surface area contributed by atoms with E-state index in [1.54, 1.807) is 0 Å². The predicted octanol–water partition coefficient (Wildman–Crippen LogP) is 6.73. The molecule has 3 aromatic carbocycles. The molecule has 0 radical (unpaired) electrons. The second kappa shape index (κ2) is 9.46. The summed E-state index contributed by atoms with van der Waals surface area (Å²) in [6.07, 6.45) is 0.701. The van der Waals surface area contributed by atoms with E-state index in [-0.39, 0.29) is 0 Å². The van der Waals surface area contributed by atoms with Gasteiger partial charge >= 0.3 is 7.60 Å². The highest BCUT2D eigenvalue weighted by molar-refractivity contribution is 7.62. The van der Waals surface area contributed by atoms with Crippen LogP contribution in [0.4, 0.5) is 0 Å². The zero-order chi connectivity index (χ0) is 22.7. The lowest BCUT2D eigenvalue weighted by molar-refractivity contribution is 0.229. The summed E-state index contributed by atoms with van der Waals surface area (Å²) in [5, 5.41) is 1.97. The van der Waals surface area contributed by atoms with Crippen LogP contribution >= 0.6 is 7.60 Å². The van der Waals surface area contributed by atoms with Crippen molar-refractivity contribution in [2.75, 3.05) is 13.2 Å². The van der Waals surface area contributed by atoms with Gasteiger partial charge in [-0.25, -0.2) is 0 Å². The standard InChI is InChI=1S/C27H30NO3P/c1-5-30-32(29,31-6-2)27-25-15-11-10-14-24(25)26(19-22-12-8-7-9-13-22)28(27)23-17-20(3)16-21(4)18-23/h7-18H,5-6,19H2,1-4H3. The van der Waals surface area contributed by atoms with Gasteiger partial charge in [0.05, 0.1) is 13.2 Å². The molecule has 0 N–H and O–H groups in total. The molecule has 4 nitrogen and oxygen atoms in total. The highest BCUT2D eigenvalue weighted by atomic mass is 31.2. The molecule has 166 valence electrons. The molecule has 0 spiro atoms. The van der Waals surface area contributed by atoms with Crippen molar-refractivity contribution in [2.45, 2.75) is 34.1 Å². The van der Waals surface area contributed by atoms with Crippen molar-refractivity contribution in [2.24, 2.45) is 0 Å². The van der Waals surface area contributed by atoms with E-state index in [0.29, 0.717) is 25.1 Å². The van der Waals surface area contributed by atoms with Crippen molar-refractivity contribution in [3.05, 3.63) is 95.2 Å². The van der Waals surface area contributed by atoms with Gasteiger partial charge in [0.15, 0.2) is 0 Å². The van der Waals surface area contributed by atoms with Crippen LogP contribution in [0.5, 0.6) is 0 Å². The quantitative estimate of drug-likeness (QED) is 0.281. The molecule has 32 heavy (non-hydrogen) atoms. The maximum absolute atomic E-state index is 14.2. The first-order valence-electron chi connectivity index (χ1n) is 11.1. The molecular formula is C27H30NO3P. The van der Waals surface area contributed by atoms with Crippen molar-refractivity contribution in [3.8, 4) is 5.69 Å². The molecule has 1 aromatic heterocycles. The van der Waals surface area contributed by atoms with Gasteiger partial charge in [0.1, 0.15) is 5.44 Å². The molecule has 0 aliphatic heterocycles. The fourth-order valence-electron chi connectivity index (χ4n) is 4.39. The van der Waals surface area contributed by atoms with Crippen molar-refractivity contribution in [1.29, 1.82) is 0 Å². The van der Waals surface area contributed by atoms with Crippen molar-refractivity contribution in [1.82, 2.24) is 4.57 Å². The Kier molecular flexibility index (Phi) is 6.66. The largest absolute Gasteiger partial charge is 0.378 e. The molecule has 0 saturated heterocycles. The number of rotatable bonds is 8. The molecular weight excluding hydrogens is 417 g/mol. The normalized spacial score (nSPS) is 11.9. The summed E-state index contributed by atoms with van der Waals surface area (Å²) in [5.74, 6) is 0. The Labute approximate surface area is 190 Å². The van der Waals surface area contributed by atoms with Gasteiger partial charge in [-0.2, -0.15) is 0 Å². The molecule has 0 aliphatic rings. The van der Waals surface area contributed by atoms with Crippen LogP contribution in [0, 0.1) is 13.8 Å². The number of nitrogens with zero attached hydrogens (tertiary/aromatic N) is 1. The van der Waals surface area contributed by atoms with Crippen LogP contribution in [0.1, 0.15) is 36.2 Å². The molecule has 4 rings (SSSR count). The topological polar surface area (TPSA) is 40.5 Å². The van der Waals surface area contributed by atoms with E-state index < -0.39 is 7.60 Å². The summed E-state index contributed by atoms with van der Waals surface area (Å²) in [4.78, 5) is 0. The molecule has 5 heteroatoms. The Balaban J connectivity index is 2.10. The molecule has 0 atom stereocenters. The van der Waals surface area contributed by atoms with E-state index in [0.717, 1.165) is 33.3 Å². The van der Waals surface area contributed by atoms with E-state index in [1.807, 2.05) is 50.2 Å². The third-order valence-corrected chi connectivity index (χ3v) is 7.65. The van der Waals surface area contributed by atoms with Crippen molar-refractivity contribution >= 4 is 23.8 Å². The van der Waals surface area contributed by atoms with Crippen LogP contribution in [-0.2, 0) is 20.0 Å². The first-order chi connectivity index (χ1) is 15.5. The fraction of sp³-hybridized carbons (Fsp3) is 0.259. The van der Waals surface area contributed by atoms with E-state index >= 15 is 0 Å². The van der Waals surface area contributed by atoms with E-state index in [1.165, 1.54) is 5.56 Å². The summed E-state index contributed by atoms with van der Waals surface area (Å²) in [5.41, 5.74) is 6.14. The second-order valence-electron chi connectivity index (χ2n) is 7.99. The van der Waals surface area contributed by atoms with Gasteiger partial charge < -0.3 is 13.6 Å². The first kappa shape index (κ1) is 22.5. The van der Waals surface area contributed by atoms with Gasteiger partial charge in [0.2, 0.25) is 0 Å². The lowest BCUT2D eigenvalue weighted by atomic mass is 10.1. The minimum absolute atomic E-state index is 0.303. The van der Waals surface area contributed by atoms with Gasteiger partial charge in [0, 0.05) is 28.6 Å². The highest BCUT2D eigenvalue weighted by Crippen LogP contribution is 2.50. The van der Waals surface area contributed by atoms with Gasteiger partial charge in [-0.1, -0.05) is 60.7 Å². The van der Waals surface area contributed by atoms with Gasteiger partial charge in [-0.15, -0.1) is 0 Å². The summed E-state index contributed by atoms with van der Waals surface area (Å²) in [7, 11) is -3.57. The average Bonchev–Trinajstić information content (AvgIpc) is 3.09. The van der Waals surface area contributed by atoms with Crippen LogP contribution in [0.25, 0.3) is 16.5 Å². The molecule has 4 aromatic rings. The lowest BCUT2D eigenvalue weighted by Gasteiger charge is -2.22. The maximum atomic E-state index is 14.2. The van der Waals surface area contributed by atoms with Crippen molar-refractivity contribution < 1.29 is 13.6 Å². The van der Waals surface area contributed by atoms with Crippen molar-refractivity contribution in [3.63, 3.8) is 0 Å². The smallest absolute Gasteiger partial charge is 0.306 e.